The molecule has 37 heavy (non-hydrogen) atoms. The van der Waals surface area contributed by atoms with Gasteiger partial charge in [-0.1, -0.05) is 24.3 Å². The van der Waals surface area contributed by atoms with E-state index in [-0.39, 0.29) is 23.5 Å². The summed E-state index contributed by atoms with van der Waals surface area (Å²) < 4.78 is 13.2. The fraction of sp³-hybridized carbons (Fsp3) is 0.345. The van der Waals surface area contributed by atoms with Gasteiger partial charge in [0, 0.05) is 42.2 Å². The number of nitrogens with zero attached hydrogens (tertiary/aromatic N) is 3. The number of nitrogens with one attached hydrogen (secondary N) is 1. The number of carbonyl (C=O) groups is 2. The third kappa shape index (κ3) is 5.36. The van der Waals surface area contributed by atoms with Crippen molar-refractivity contribution in [2.75, 3.05) is 36.4 Å². The monoisotopic (exact) mass is 516 g/mol. The first-order chi connectivity index (χ1) is 18.0. The fourth-order valence-electron chi connectivity index (χ4n) is 5.14. The van der Waals surface area contributed by atoms with Crippen LogP contribution in [0.1, 0.15) is 36.8 Å². The number of fused-ring (bicyclic) bond motifs is 1. The molecule has 0 saturated heterocycles. The summed E-state index contributed by atoms with van der Waals surface area (Å²) in [6.07, 6.45) is 6.90. The molecule has 0 radical (unpaired) electrons. The molecule has 1 N–H and O–H groups in total. The summed E-state index contributed by atoms with van der Waals surface area (Å²) in [5.74, 6) is 0.165. The Balaban J connectivity index is 1.06. The van der Waals surface area contributed by atoms with Gasteiger partial charge < -0.3 is 10.2 Å². The van der Waals surface area contributed by atoms with Gasteiger partial charge in [-0.25, -0.2) is 9.37 Å². The predicted octanol–water partition coefficient (Wildman–Crippen LogP) is 5.37. The van der Waals surface area contributed by atoms with Crippen LogP contribution in [0.15, 0.2) is 53.9 Å². The van der Waals surface area contributed by atoms with Crippen LogP contribution in [0.25, 0.3) is 16.8 Å². The number of benzene rings is 2. The van der Waals surface area contributed by atoms with Gasteiger partial charge >= 0.3 is 0 Å². The van der Waals surface area contributed by atoms with Crippen molar-refractivity contribution in [1.29, 1.82) is 0 Å². The standard InChI is InChI=1S/C29H29FN4O2S/c30-24-8-5-19(6-9-24)20-11-14-33(15-12-20)17-27(35)32-29-31-25(18-37-29)22-7-10-26-23(16-22)2-1-13-34(26)28(36)21-3-4-21/h5-11,16,18,21H,1-4,12-15,17H2,(H,31,32,35). The van der Waals surface area contributed by atoms with Crippen molar-refractivity contribution in [2.24, 2.45) is 5.92 Å². The lowest BCUT2D eigenvalue weighted by Gasteiger charge is -2.30. The maximum atomic E-state index is 13.2. The van der Waals surface area contributed by atoms with Crippen LogP contribution < -0.4 is 10.2 Å². The van der Waals surface area contributed by atoms with Gasteiger partial charge in [-0.15, -0.1) is 11.3 Å². The van der Waals surface area contributed by atoms with E-state index in [9.17, 15) is 14.0 Å². The third-order valence-corrected chi connectivity index (χ3v) is 8.07. The van der Waals surface area contributed by atoms with Gasteiger partial charge in [0.05, 0.1) is 12.2 Å². The van der Waals surface area contributed by atoms with Gasteiger partial charge in [0.2, 0.25) is 11.8 Å². The average Bonchev–Trinajstić information content (AvgIpc) is 3.67. The van der Waals surface area contributed by atoms with E-state index in [4.69, 9.17) is 0 Å². The Morgan fingerprint density at radius 2 is 1.86 bits per heavy atom. The van der Waals surface area contributed by atoms with Gasteiger partial charge in [-0.05, 0) is 73.1 Å². The van der Waals surface area contributed by atoms with E-state index < -0.39 is 0 Å². The molecule has 8 heteroatoms. The Morgan fingerprint density at radius 1 is 1.05 bits per heavy atom. The molecule has 1 fully saturated rings. The van der Waals surface area contributed by atoms with Gasteiger partial charge in [0.25, 0.3) is 0 Å². The highest BCUT2D eigenvalue weighted by atomic mass is 32.1. The second kappa shape index (κ2) is 10.2. The van der Waals surface area contributed by atoms with Crippen LogP contribution in [0.2, 0.25) is 0 Å². The molecule has 0 atom stereocenters. The largest absolute Gasteiger partial charge is 0.312 e. The Hall–Kier alpha value is -3.36. The van der Waals surface area contributed by atoms with Crippen LogP contribution in [0, 0.1) is 11.7 Å². The van der Waals surface area contributed by atoms with Crippen LogP contribution in [0.5, 0.6) is 0 Å². The summed E-state index contributed by atoms with van der Waals surface area (Å²) in [7, 11) is 0. The zero-order valence-corrected chi connectivity index (χ0v) is 21.4. The maximum Gasteiger partial charge on any atom is 0.240 e. The summed E-state index contributed by atoms with van der Waals surface area (Å²) in [5.41, 5.74) is 6.28. The van der Waals surface area contributed by atoms with Gasteiger partial charge in [-0.3, -0.25) is 14.5 Å². The second-order valence-electron chi connectivity index (χ2n) is 10.0. The Bertz CT molecular complexity index is 1360. The first-order valence-electron chi connectivity index (χ1n) is 12.9. The molecule has 1 aromatic heterocycles. The van der Waals surface area contributed by atoms with E-state index in [1.807, 2.05) is 22.4 Å². The van der Waals surface area contributed by atoms with E-state index in [0.717, 1.165) is 67.7 Å². The fourth-order valence-corrected chi connectivity index (χ4v) is 5.88. The average molecular weight is 517 g/mol. The minimum Gasteiger partial charge on any atom is -0.312 e. The number of halogens is 1. The van der Waals surface area contributed by atoms with Crippen molar-refractivity contribution in [3.63, 3.8) is 0 Å². The molecule has 6 nitrogen and oxygen atoms in total. The molecule has 3 aromatic rings. The third-order valence-electron chi connectivity index (χ3n) is 7.31. The van der Waals surface area contributed by atoms with E-state index in [2.05, 4.69) is 27.3 Å². The highest BCUT2D eigenvalue weighted by Crippen LogP contribution is 2.37. The summed E-state index contributed by atoms with van der Waals surface area (Å²) in [6.45, 7) is 2.55. The molecule has 0 bridgehead atoms. The lowest BCUT2D eigenvalue weighted by molar-refractivity contribution is -0.120. The maximum absolute atomic E-state index is 13.2. The van der Waals surface area contributed by atoms with Crippen molar-refractivity contribution in [1.82, 2.24) is 9.88 Å². The van der Waals surface area contributed by atoms with Crippen LogP contribution >= 0.6 is 11.3 Å². The van der Waals surface area contributed by atoms with E-state index >= 15 is 0 Å². The second-order valence-corrected chi connectivity index (χ2v) is 10.9. The van der Waals surface area contributed by atoms with E-state index in [1.54, 1.807) is 12.1 Å². The SMILES string of the molecule is O=C(CN1CC=C(c2ccc(F)cc2)CC1)Nc1nc(-c2ccc3c(c2)CCCN3C(=O)C2CC2)cs1. The summed E-state index contributed by atoms with van der Waals surface area (Å²) >= 11 is 1.42. The molecule has 2 amide bonds. The number of thiazole rings is 1. The molecule has 0 unspecified atom stereocenters. The predicted molar refractivity (Wildman–Crippen MR) is 145 cm³/mol. The summed E-state index contributed by atoms with van der Waals surface area (Å²) in [5, 5.41) is 5.49. The first-order valence-corrected chi connectivity index (χ1v) is 13.8. The normalized spacial score (nSPS) is 17.8. The molecule has 1 saturated carbocycles. The molecule has 3 aliphatic rings. The van der Waals surface area contributed by atoms with E-state index in [0.29, 0.717) is 18.2 Å². The van der Waals surface area contributed by atoms with Gasteiger partial charge in [0.15, 0.2) is 5.13 Å². The number of hydrogen-bond donors (Lipinski definition) is 1. The molecular formula is C29H29FN4O2S. The summed E-state index contributed by atoms with van der Waals surface area (Å²) in [6, 6.07) is 12.8. The van der Waals surface area contributed by atoms with Crippen molar-refractivity contribution in [2.45, 2.75) is 32.1 Å². The van der Waals surface area contributed by atoms with Crippen LogP contribution in [0.3, 0.4) is 0 Å². The lowest BCUT2D eigenvalue weighted by atomic mass is 9.98. The minimum absolute atomic E-state index is 0.0841. The molecule has 2 aliphatic heterocycles. The zero-order chi connectivity index (χ0) is 25.4. The van der Waals surface area contributed by atoms with Crippen LogP contribution in [-0.2, 0) is 16.0 Å². The molecule has 6 rings (SSSR count). The molecular weight excluding hydrogens is 487 g/mol. The molecule has 2 aromatic carbocycles. The molecule has 3 heterocycles. The van der Waals surface area contributed by atoms with Crippen LogP contribution in [-0.4, -0.2) is 47.9 Å². The highest BCUT2D eigenvalue weighted by molar-refractivity contribution is 7.14. The van der Waals surface area contributed by atoms with Crippen molar-refractivity contribution in [3.05, 3.63) is 70.9 Å². The smallest absolute Gasteiger partial charge is 0.240 e. The molecule has 0 spiro atoms. The minimum atomic E-state index is -0.234. The molecule has 1 aliphatic carbocycles. The first kappa shape index (κ1) is 24.0. The number of hydrogen-bond acceptors (Lipinski definition) is 5. The Labute approximate surface area is 219 Å². The number of carbonyl (C=O) groups excluding carboxylic acids is 2. The number of amides is 2. The number of rotatable bonds is 6. The summed E-state index contributed by atoms with van der Waals surface area (Å²) in [4.78, 5) is 34.1. The quantitative estimate of drug-likeness (QED) is 0.479. The van der Waals surface area contributed by atoms with Gasteiger partial charge in [-0.2, -0.15) is 0 Å². The van der Waals surface area contributed by atoms with E-state index in [1.165, 1.54) is 34.6 Å². The van der Waals surface area contributed by atoms with Crippen molar-refractivity contribution in [3.8, 4) is 11.3 Å². The number of aromatic nitrogens is 1. The lowest BCUT2D eigenvalue weighted by Crippen LogP contribution is -2.36. The van der Waals surface area contributed by atoms with Crippen molar-refractivity contribution >= 4 is 39.5 Å². The Kier molecular flexibility index (Phi) is 6.61. The number of aryl methyl sites for hydroxylation is 1. The molecule has 190 valence electrons. The number of anilines is 2. The Morgan fingerprint density at radius 3 is 2.62 bits per heavy atom. The highest BCUT2D eigenvalue weighted by Gasteiger charge is 2.35. The van der Waals surface area contributed by atoms with Crippen molar-refractivity contribution < 1.29 is 14.0 Å². The topological polar surface area (TPSA) is 65.5 Å². The van der Waals surface area contributed by atoms with Crippen LogP contribution in [0.4, 0.5) is 15.2 Å². The van der Waals surface area contributed by atoms with Gasteiger partial charge in [0.1, 0.15) is 5.82 Å². The zero-order valence-electron chi connectivity index (χ0n) is 20.6.